The summed E-state index contributed by atoms with van der Waals surface area (Å²) in [6.07, 6.45) is -10.4. The third-order valence-electron chi connectivity index (χ3n) is 17.8. The second-order valence-electron chi connectivity index (χ2n) is 21.7. The van der Waals surface area contributed by atoms with Crippen molar-refractivity contribution in [2.45, 2.75) is 183 Å². The van der Waals surface area contributed by atoms with Crippen LogP contribution in [0.15, 0.2) is 72.3 Å². The third kappa shape index (κ3) is 10.1. The Morgan fingerprint density at radius 1 is 0.681 bits per heavy atom. The predicted octanol–water partition coefficient (Wildman–Crippen LogP) is 3.19. The maximum atomic E-state index is 13.7. The largest absolute Gasteiger partial charge is 0.452 e. The van der Waals surface area contributed by atoms with Crippen LogP contribution in [0.3, 0.4) is 0 Å². The van der Waals surface area contributed by atoms with E-state index in [9.17, 15) is 45.3 Å². The summed E-state index contributed by atoms with van der Waals surface area (Å²) in [4.78, 5) is 27.1. The van der Waals surface area contributed by atoms with Crippen LogP contribution in [0.4, 0.5) is 0 Å². The number of benzene rings is 2. The van der Waals surface area contributed by atoms with E-state index >= 15 is 0 Å². The number of aliphatic hydroxyl groups is 7. The highest BCUT2D eigenvalue weighted by Gasteiger charge is 2.60. The molecule has 3 heterocycles. The van der Waals surface area contributed by atoms with Crippen LogP contribution in [0, 0.1) is 34.5 Å². The standard InChI is InChI=1S/C54H74O18/c1-27(65-52-47(71-49(63)30-14-10-7-11-15-30)45(41(59)38(26-56)69-52)70-48(62)29-12-8-6-9-13-29)34-18-19-35-33-17-16-31-24-32(20-22-53(31,3)36(33)21-23-54(34,35)4)67-51-46(64-5)44(39(57)28(2)66-51)72-50-43(61)42(60)40(58)37(25-55)68-50/h6-15,19,27-28,31-34,36-47,50-52,55-61H,16-18,20-26H2,1-5H3/t27-,28+,31-,32-,33-,34+,36-,37+,38+,39-,40+,41+,42-,43+,44-,45-,46+,47+,50-,51-,52+,53-,54+/m0/s1. The molecule has 3 saturated heterocycles. The van der Waals surface area contributed by atoms with Crippen LogP contribution in [-0.4, -0.2) is 172 Å². The van der Waals surface area contributed by atoms with Crippen molar-refractivity contribution in [3.63, 3.8) is 0 Å². The molecule has 0 bridgehead atoms. The fourth-order valence-corrected chi connectivity index (χ4v) is 13.7. The van der Waals surface area contributed by atoms with Crippen molar-refractivity contribution in [3.05, 3.63) is 83.4 Å². The van der Waals surface area contributed by atoms with Crippen molar-refractivity contribution in [1.82, 2.24) is 0 Å². The summed E-state index contributed by atoms with van der Waals surface area (Å²) < 4.78 is 55.5. The Labute approximate surface area is 420 Å². The van der Waals surface area contributed by atoms with Gasteiger partial charge in [0.15, 0.2) is 31.1 Å². The van der Waals surface area contributed by atoms with E-state index in [1.807, 2.05) is 6.92 Å². The van der Waals surface area contributed by atoms with Gasteiger partial charge in [-0.2, -0.15) is 0 Å². The number of rotatable bonds is 14. The molecule has 72 heavy (non-hydrogen) atoms. The Kier molecular flexibility index (Phi) is 16.3. The molecule has 4 aliphatic carbocycles. The highest BCUT2D eigenvalue weighted by atomic mass is 16.8. The first-order chi connectivity index (χ1) is 34.5. The minimum Gasteiger partial charge on any atom is -0.452 e. The van der Waals surface area contributed by atoms with Gasteiger partial charge in [-0.1, -0.05) is 61.9 Å². The van der Waals surface area contributed by atoms with Crippen LogP contribution in [0.25, 0.3) is 0 Å². The van der Waals surface area contributed by atoms with Gasteiger partial charge in [-0.15, -0.1) is 0 Å². The Morgan fingerprint density at radius 2 is 1.31 bits per heavy atom. The quantitative estimate of drug-likeness (QED) is 0.0815. The van der Waals surface area contributed by atoms with Crippen molar-refractivity contribution in [1.29, 1.82) is 0 Å². The zero-order valence-electron chi connectivity index (χ0n) is 41.7. The molecular formula is C54H74O18. The minimum absolute atomic E-state index is 0.0144. The van der Waals surface area contributed by atoms with Crippen molar-refractivity contribution >= 4 is 11.9 Å². The average Bonchev–Trinajstić information content (AvgIpc) is 3.75. The van der Waals surface area contributed by atoms with E-state index in [-0.39, 0.29) is 34.0 Å². The average molecular weight is 1010 g/mol. The van der Waals surface area contributed by atoms with E-state index < -0.39 is 123 Å². The molecule has 3 saturated carbocycles. The summed E-state index contributed by atoms with van der Waals surface area (Å²) in [5, 5.41) is 74.3. The fraction of sp³-hybridized carbons (Fsp3) is 0.704. The molecule has 2 aromatic carbocycles. The molecule has 0 aromatic heterocycles. The van der Waals surface area contributed by atoms with E-state index in [0.717, 1.165) is 51.4 Å². The van der Waals surface area contributed by atoms with E-state index in [2.05, 4.69) is 19.9 Å². The SMILES string of the molecule is CO[C@H]1[C@H](O[C@H]2CC[C@@]3(C)[C@@H](CC[C@H]4C5=CC[C@H]([C@H](C)O[C@@H]6O[C@H](CO)[C@@H](O)[C@H](OC(=O)c7ccccc7)[C@H]6OC(=O)c6ccccc6)[C@@]5(C)CC[C@@H]43)C2)O[C@H](C)[C@H](O)[C@@H]1O[C@@H]1O[C@H](CO)[C@@H](O)[C@H](O)[C@H]1O. The van der Waals surface area contributed by atoms with Crippen molar-refractivity contribution in [2.24, 2.45) is 34.5 Å². The molecule has 9 rings (SSSR count). The molecule has 6 fully saturated rings. The number of ether oxygens (including phenoxy) is 9. The van der Waals surface area contributed by atoms with Crippen LogP contribution in [0.2, 0.25) is 0 Å². The first-order valence-corrected chi connectivity index (χ1v) is 25.8. The normalized spacial score (nSPS) is 44.4. The Hall–Kier alpha value is -3.44. The van der Waals surface area contributed by atoms with Gasteiger partial charge in [0.1, 0.15) is 54.9 Å². The van der Waals surface area contributed by atoms with Crippen LogP contribution in [-0.2, 0) is 42.6 Å². The zero-order chi connectivity index (χ0) is 51.2. The summed E-state index contributed by atoms with van der Waals surface area (Å²) in [6.45, 7) is 7.20. The molecule has 18 heteroatoms. The molecule has 0 radical (unpaired) electrons. The van der Waals surface area contributed by atoms with Crippen LogP contribution in [0.1, 0.15) is 99.8 Å². The van der Waals surface area contributed by atoms with Gasteiger partial charge in [-0.25, -0.2) is 9.59 Å². The van der Waals surface area contributed by atoms with Gasteiger partial charge in [0.25, 0.3) is 0 Å². The lowest BCUT2D eigenvalue weighted by molar-refractivity contribution is -0.364. The molecule has 0 spiro atoms. The number of carbonyl (C=O) groups is 2. The van der Waals surface area contributed by atoms with Gasteiger partial charge < -0.3 is 78.4 Å². The predicted molar refractivity (Wildman–Crippen MR) is 253 cm³/mol. The van der Waals surface area contributed by atoms with Crippen LogP contribution < -0.4 is 0 Å². The summed E-state index contributed by atoms with van der Waals surface area (Å²) in [5.74, 6) is -0.276. The fourth-order valence-electron chi connectivity index (χ4n) is 13.7. The molecule has 7 N–H and O–H groups in total. The first kappa shape index (κ1) is 53.4. The molecule has 0 amide bonds. The van der Waals surface area contributed by atoms with Gasteiger partial charge in [0.2, 0.25) is 0 Å². The lowest BCUT2D eigenvalue weighted by Gasteiger charge is -2.60. The Morgan fingerprint density at radius 3 is 1.94 bits per heavy atom. The highest BCUT2D eigenvalue weighted by Crippen LogP contribution is 2.66. The summed E-state index contributed by atoms with van der Waals surface area (Å²) in [7, 11) is 1.45. The second-order valence-corrected chi connectivity index (χ2v) is 21.7. The third-order valence-corrected chi connectivity index (χ3v) is 17.8. The summed E-state index contributed by atoms with van der Waals surface area (Å²) >= 11 is 0. The van der Waals surface area contributed by atoms with Crippen molar-refractivity contribution < 1.29 is 88.0 Å². The first-order valence-electron chi connectivity index (χ1n) is 25.8. The second kappa shape index (κ2) is 22.0. The lowest BCUT2D eigenvalue weighted by atomic mass is 9.46. The van der Waals surface area contributed by atoms with E-state index in [4.69, 9.17) is 42.6 Å². The Bertz CT molecular complexity index is 2180. The zero-order valence-corrected chi connectivity index (χ0v) is 41.7. The number of hydrogen-bond donors (Lipinski definition) is 7. The van der Waals surface area contributed by atoms with Gasteiger partial charge in [0.05, 0.1) is 42.7 Å². The van der Waals surface area contributed by atoms with Crippen molar-refractivity contribution in [3.8, 4) is 0 Å². The molecule has 7 aliphatic rings. The van der Waals surface area contributed by atoms with E-state index in [1.54, 1.807) is 67.6 Å². The molecule has 2 aromatic rings. The molecule has 398 valence electrons. The van der Waals surface area contributed by atoms with Crippen molar-refractivity contribution in [2.75, 3.05) is 20.3 Å². The number of hydrogen-bond acceptors (Lipinski definition) is 18. The summed E-state index contributed by atoms with van der Waals surface area (Å²) in [6, 6.07) is 16.7. The van der Waals surface area contributed by atoms with E-state index in [1.165, 1.54) is 12.7 Å². The maximum absolute atomic E-state index is 13.7. The molecule has 0 unspecified atom stereocenters. The van der Waals surface area contributed by atoms with Crippen LogP contribution >= 0.6 is 0 Å². The molecular weight excluding hydrogens is 937 g/mol. The van der Waals surface area contributed by atoms with Gasteiger partial charge in [-0.3, -0.25) is 0 Å². The van der Waals surface area contributed by atoms with E-state index in [0.29, 0.717) is 17.8 Å². The number of fused-ring (bicyclic) bond motifs is 5. The number of methoxy groups -OCH3 is 1. The monoisotopic (exact) mass is 1010 g/mol. The molecule has 23 atom stereocenters. The lowest BCUT2D eigenvalue weighted by Crippen LogP contribution is -2.64. The summed E-state index contributed by atoms with van der Waals surface area (Å²) in [5.41, 5.74) is 1.75. The van der Waals surface area contributed by atoms with Gasteiger partial charge in [0, 0.05) is 7.11 Å². The number of esters is 2. The number of carbonyl (C=O) groups excluding carboxylic acids is 2. The highest BCUT2D eigenvalue weighted by molar-refractivity contribution is 5.90. The minimum atomic E-state index is -1.66. The maximum Gasteiger partial charge on any atom is 0.338 e. The smallest absolute Gasteiger partial charge is 0.338 e. The van der Waals surface area contributed by atoms with Gasteiger partial charge in [-0.05, 0) is 124 Å². The topological polar surface area (TPSA) is 259 Å². The molecule has 18 nitrogen and oxygen atoms in total. The van der Waals surface area contributed by atoms with Gasteiger partial charge >= 0.3 is 11.9 Å². The Balaban J connectivity index is 0.862. The number of allylic oxidation sites excluding steroid dienone is 2. The molecule has 3 aliphatic heterocycles. The van der Waals surface area contributed by atoms with Crippen LogP contribution in [0.5, 0.6) is 0 Å². The number of aliphatic hydroxyl groups excluding tert-OH is 7.